The fourth-order valence-corrected chi connectivity index (χ4v) is 1.06. The van der Waals surface area contributed by atoms with Gasteiger partial charge in [-0.1, -0.05) is 53.5 Å². The van der Waals surface area contributed by atoms with Crippen LogP contribution in [0.4, 0.5) is 0 Å². The molecule has 0 radical (unpaired) electrons. The maximum absolute atomic E-state index is 11.4. The number of ketones is 1. The molecule has 1 rings (SSSR count). The summed E-state index contributed by atoms with van der Waals surface area (Å²) in [5.41, 5.74) is 0.532. The first-order valence-corrected chi connectivity index (χ1v) is 4.25. The van der Waals surface area contributed by atoms with Crippen molar-refractivity contribution in [2.24, 2.45) is 0 Å². The van der Waals surface area contributed by atoms with E-state index in [1.165, 1.54) is 6.92 Å². The second-order valence-corrected chi connectivity index (χ2v) is 4.29. The molecule has 0 saturated carbocycles. The van der Waals surface area contributed by atoms with E-state index in [1.807, 2.05) is 6.07 Å². The summed E-state index contributed by atoms with van der Waals surface area (Å²) in [6, 6.07) is 8.74. The largest absolute Gasteiger partial charge is 0.291 e. The third-order valence-electron chi connectivity index (χ3n) is 1.43. The van der Waals surface area contributed by atoms with Crippen LogP contribution in [0.25, 0.3) is 0 Å². The van der Waals surface area contributed by atoms with Gasteiger partial charge in [-0.2, -0.15) is 0 Å². The van der Waals surface area contributed by atoms with Crippen LogP contribution in [0.1, 0.15) is 17.3 Å². The molecular weight excluding hydrogens is 195 g/mol. The van der Waals surface area contributed by atoms with Gasteiger partial charge in [0, 0.05) is 5.56 Å². The highest BCUT2D eigenvalue weighted by Crippen LogP contribution is 2.24. The first kappa shape index (κ1) is 9.56. The van der Waals surface area contributed by atoms with E-state index in [-0.39, 0.29) is 5.78 Å². The molecule has 0 bridgehead atoms. The van der Waals surface area contributed by atoms with Crippen molar-refractivity contribution in [1.82, 2.24) is 0 Å². The molecule has 0 N–H and O–H groups in total. The molecule has 0 atom stereocenters. The SMILES string of the molecule is CC(Cl)(Cl)C(=O)c1ccccc1. The molecule has 0 spiro atoms. The molecule has 12 heavy (non-hydrogen) atoms. The van der Waals surface area contributed by atoms with Crippen LogP contribution < -0.4 is 0 Å². The Kier molecular flexibility index (Phi) is 2.76. The Morgan fingerprint density at radius 1 is 1.25 bits per heavy atom. The Bertz CT molecular complexity index is 274. The zero-order valence-electron chi connectivity index (χ0n) is 6.55. The fourth-order valence-electron chi connectivity index (χ4n) is 0.843. The van der Waals surface area contributed by atoms with Gasteiger partial charge >= 0.3 is 0 Å². The number of hydrogen-bond donors (Lipinski definition) is 0. The van der Waals surface area contributed by atoms with E-state index in [0.29, 0.717) is 5.56 Å². The van der Waals surface area contributed by atoms with Crippen molar-refractivity contribution in [3.8, 4) is 0 Å². The van der Waals surface area contributed by atoms with Crippen LogP contribution >= 0.6 is 23.2 Å². The number of carbonyl (C=O) groups excluding carboxylic acids is 1. The standard InChI is InChI=1S/C9H8Cl2O/c1-9(10,11)8(12)7-5-3-2-4-6-7/h2-6H,1H3. The zero-order chi connectivity index (χ0) is 9.19. The first-order valence-electron chi connectivity index (χ1n) is 3.49. The summed E-state index contributed by atoms with van der Waals surface area (Å²) in [6.45, 7) is 1.46. The molecule has 64 valence electrons. The number of carbonyl (C=O) groups is 1. The predicted octanol–water partition coefficient (Wildman–Crippen LogP) is 3.06. The molecule has 0 heterocycles. The first-order chi connectivity index (χ1) is 5.52. The minimum Gasteiger partial charge on any atom is -0.291 e. The van der Waals surface area contributed by atoms with Crippen LogP contribution in [0.2, 0.25) is 0 Å². The van der Waals surface area contributed by atoms with E-state index in [4.69, 9.17) is 23.2 Å². The van der Waals surface area contributed by atoms with E-state index in [0.717, 1.165) is 0 Å². The van der Waals surface area contributed by atoms with E-state index in [2.05, 4.69) is 0 Å². The average molecular weight is 203 g/mol. The topological polar surface area (TPSA) is 17.1 Å². The maximum Gasteiger partial charge on any atom is 0.198 e. The molecule has 0 aliphatic carbocycles. The van der Waals surface area contributed by atoms with Gasteiger partial charge in [-0.3, -0.25) is 4.79 Å². The summed E-state index contributed by atoms with van der Waals surface area (Å²) in [6.07, 6.45) is 0. The Morgan fingerprint density at radius 3 is 2.17 bits per heavy atom. The highest BCUT2D eigenvalue weighted by molar-refractivity contribution is 6.59. The molecule has 3 heteroatoms. The van der Waals surface area contributed by atoms with Gasteiger partial charge in [-0.05, 0) is 6.92 Å². The molecule has 0 aromatic heterocycles. The summed E-state index contributed by atoms with van der Waals surface area (Å²) in [5.74, 6) is -0.272. The summed E-state index contributed by atoms with van der Waals surface area (Å²) >= 11 is 11.3. The van der Waals surface area contributed by atoms with Gasteiger partial charge < -0.3 is 0 Å². The summed E-state index contributed by atoms with van der Waals surface area (Å²) in [7, 11) is 0. The quantitative estimate of drug-likeness (QED) is 0.533. The number of benzene rings is 1. The van der Waals surface area contributed by atoms with Crippen molar-refractivity contribution in [2.75, 3.05) is 0 Å². The van der Waals surface area contributed by atoms with Crippen LogP contribution in [0.3, 0.4) is 0 Å². The van der Waals surface area contributed by atoms with E-state index >= 15 is 0 Å². The van der Waals surface area contributed by atoms with Gasteiger partial charge in [-0.15, -0.1) is 0 Å². The summed E-state index contributed by atoms with van der Waals surface area (Å²) < 4.78 is -1.33. The molecule has 0 saturated heterocycles. The Hall–Kier alpha value is -0.530. The lowest BCUT2D eigenvalue weighted by molar-refractivity contribution is 0.0978. The van der Waals surface area contributed by atoms with Crippen molar-refractivity contribution >= 4 is 29.0 Å². The number of halogens is 2. The van der Waals surface area contributed by atoms with Crippen molar-refractivity contribution in [2.45, 2.75) is 11.3 Å². The Morgan fingerprint density at radius 2 is 1.75 bits per heavy atom. The third-order valence-corrected chi connectivity index (χ3v) is 1.78. The molecule has 0 amide bonds. The van der Waals surface area contributed by atoms with Crippen LogP contribution in [0.5, 0.6) is 0 Å². The smallest absolute Gasteiger partial charge is 0.198 e. The van der Waals surface area contributed by atoms with Crippen LogP contribution in [0, 0.1) is 0 Å². The van der Waals surface area contributed by atoms with Crippen molar-refractivity contribution < 1.29 is 4.79 Å². The molecule has 0 fully saturated rings. The minimum atomic E-state index is -1.33. The van der Waals surface area contributed by atoms with Gasteiger partial charge in [0.25, 0.3) is 0 Å². The lowest BCUT2D eigenvalue weighted by atomic mass is 10.1. The number of Topliss-reactive ketones (excluding diaryl/α,β-unsaturated/α-hetero) is 1. The van der Waals surface area contributed by atoms with Gasteiger partial charge in [0.2, 0.25) is 0 Å². The van der Waals surface area contributed by atoms with E-state index < -0.39 is 4.33 Å². The molecule has 1 aromatic rings. The highest BCUT2D eigenvalue weighted by atomic mass is 35.5. The van der Waals surface area contributed by atoms with Crippen molar-refractivity contribution in [3.63, 3.8) is 0 Å². The number of hydrogen-bond acceptors (Lipinski definition) is 1. The molecule has 1 nitrogen and oxygen atoms in total. The zero-order valence-corrected chi connectivity index (χ0v) is 8.06. The van der Waals surface area contributed by atoms with Crippen molar-refractivity contribution in [3.05, 3.63) is 35.9 Å². The molecule has 0 aliphatic heterocycles. The van der Waals surface area contributed by atoms with Crippen LogP contribution in [0.15, 0.2) is 30.3 Å². The lowest BCUT2D eigenvalue weighted by Gasteiger charge is -2.10. The fraction of sp³-hybridized carbons (Fsp3) is 0.222. The molecule has 0 aliphatic rings. The van der Waals surface area contributed by atoms with Gasteiger partial charge in [-0.25, -0.2) is 0 Å². The number of alkyl halides is 2. The second kappa shape index (κ2) is 3.46. The average Bonchev–Trinajstić information content (AvgIpc) is 2.03. The van der Waals surface area contributed by atoms with Gasteiger partial charge in [0.05, 0.1) is 0 Å². The normalized spacial score (nSPS) is 11.2. The van der Waals surface area contributed by atoms with E-state index in [1.54, 1.807) is 24.3 Å². The third kappa shape index (κ3) is 2.23. The maximum atomic E-state index is 11.4. The number of rotatable bonds is 2. The molecular formula is C9H8Cl2O. The predicted molar refractivity (Wildman–Crippen MR) is 50.9 cm³/mol. The molecule has 1 aromatic carbocycles. The highest BCUT2D eigenvalue weighted by Gasteiger charge is 2.27. The Labute approximate surface area is 81.3 Å². The van der Waals surface area contributed by atoms with E-state index in [9.17, 15) is 4.79 Å². The van der Waals surface area contributed by atoms with Gasteiger partial charge in [0.15, 0.2) is 10.1 Å². The summed E-state index contributed by atoms with van der Waals surface area (Å²) in [5, 5.41) is 0. The van der Waals surface area contributed by atoms with Crippen LogP contribution in [-0.4, -0.2) is 10.1 Å². The van der Waals surface area contributed by atoms with Crippen molar-refractivity contribution in [1.29, 1.82) is 0 Å². The Balaban J connectivity index is 2.94. The monoisotopic (exact) mass is 202 g/mol. The molecule has 0 unspecified atom stereocenters. The summed E-state index contributed by atoms with van der Waals surface area (Å²) in [4.78, 5) is 11.4. The van der Waals surface area contributed by atoms with Gasteiger partial charge in [0.1, 0.15) is 0 Å². The van der Waals surface area contributed by atoms with Crippen LogP contribution in [-0.2, 0) is 0 Å². The minimum absolute atomic E-state index is 0.272. The second-order valence-electron chi connectivity index (χ2n) is 2.58. The lowest BCUT2D eigenvalue weighted by Crippen LogP contribution is -2.21.